The summed E-state index contributed by atoms with van der Waals surface area (Å²) in [5, 5.41) is 0.183. The van der Waals surface area contributed by atoms with Crippen LogP contribution in [0.15, 0.2) is 11.6 Å². The van der Waals surface area contributed by atoms with Gasteiger partial charge in [0.1, 0.15) is 6.61 Å². The van der Waals surface area contributed by atoms with Crippen LogP contribution in [0.3, 0.4) is 0 Å². The fourth-order valence-electron chi connectivity index (χ4n) is 8.46. The van der Waals surface area contributed by atoms with Crippen molar-refractivity contribution in [1.29, 1.82) is 0 Å². The van der Waals surface area contributed by atoms with Crippen molar-refractivity contribution in [2.75, 3.05) is 25.6 Å². The minimum Gasteiger partial charge on any atom is -0.458 e. The molecule has 1 heterocycles. The molecule has 0 amide bonds. The highest BCUT2D eigenvalue weighted by Gasteiger charge is 2.62. The zero-order chi connectivity index (χ0) is 24.1. The van der Waals surface area contributed by atoms with E-state index in [0.717, 1.165) is 57.1 Å². The zero-order valence-electron chi connectivity index (χ0n) is 20.7. The molecule has 7 heteroatoms. The van der Waals surface area contributed by atoms with E-state index in [2.05, 4.69) is 13.0 Å². The first kappa shape index (κ1) is 24.5. The number of allylic oxidation sites excluding steroid dienone is 1. The summed E-state index contributed by atoms with van der Waals surface area (Å²) in [6.45, 7) is 6.57. The van der Waals surface area contributed by atoms with Crippen LogP contribution < -0.4 is 0 Å². The second-order valence-electron chi connectivity index (χ2n) is 11.5. The molecule has 5 unspecified atom stereocenters. The monoisotopic (exact) mass is 490 g/mol. The Bertz CT molecular complexity index is 892. The van der Waals surface area contributed by atoms with Crippen molar-refractivity contribution in [1.82, 2.24) is 0 Å². The van der Waals surface area contributed by atoms with E-state index in [1.807, 2.05) is 0 Å². The Morgan fingerprint density at radius 1 is 1.06 bits per heavy atom. The van der Waals surface area contributed by atoms with Crippen molar-refractivity contribution in [3.05, 3.63) is 11.6 Å². The van der Waals surface area contributed by atoms with Gasteiger partial charge in [-0.15, -0.1) is 0 Å². The standard InChI is InChI=1S/C27H38O6S/c1-17(28)31-15-24(30)23-7-6-21-20-5-4-19-14-27(32-12-13-33-27)11-10-26(19,16-34-18(2)29)22(20)8-9-25(21,23)3/h4,20-23H,5-16H2,1-3H3/t20?,21?,22?,23?,25-,26?/m0/s1. The van der Waals surface area contributed by atoms with Crippen molar-refractivity contribution in [2.24, 2.45) is 34.5 Å². The quantitative estimate of drug-likeness (QED) is 0.408. The Labute approximate surface area is 206 Å². The first-order valence-corrected chi connectivity index (χ1v) is 13.9. The normalized spacial score (nSPS) is 40.1. The average molecular weight is 491 g/mol. The molecule has 5 rings (SSSR count). The Morgan fingerprint density at radius 2 is 1.82 bits per heavy atom. The molecule has 188 valence electrons. The first-order chi connectivity index (χ1) is 16.2. The lowest BCUT2D eigenvalue weighted by Gasteiger charge is -2.59. The van der Waals surface area contributed by atoms with Crippen molar-refractivity contribution in [3.8, 4) is 0 Å². The molecular formula is C27H38O6S. The molecule has 6 nitrogen and oxygen atoms in total. The lowest BCUT2D eigenvalue weighted by Crippen LogP contribution is -2.55. The summed E-state index contributed by atoms with van der Waals surface area (Å²) in [6.07, 6.45) is 10.2. The lowest BCUT2D eigenvalue weighted by molar-refractivity contribution is -0.185. The number of hydrogen-bond acceptors (Lipinski definition) is 7. The molecule has 5 aliphatic rings. The van der Waals surface area contributed by atoms with E-state index < -0.39 is 11.8 Å². The number of esters is 1. The highest BCUT2D eigenvalue weighted by molar-refractivity contribution is 8.13. The number of ether oxygens (including phenoxy) is 3. The summed E-state index contributed by atoms with van der Waals surface area (Å²) in [6, 6.07) is 0. The van der Waals surface area contributed by atoms with Gasteiger partial charge in [-0.2, -0.15) is 0 Å². The van der Waals surface area contributed by atoms with Crippen LogP contribution in [-0.2, 0) is 28.6 Å². The van der Waals surface area contributed by atoms with Crippen LogP contribution in [-0.4, -0.2) is 48.2 Å². The van der Waals surface area contributed by atoms with Gasteiger partial charge < -0.3 is 14.2 Å². The van der Waals surface area contributed by atoms with Crippen LogP contribution in [0, 0.1) is 34.5 Å². The maximum Gasteiger partial charge on any atom is 0.303 e. The second-order valence-corrected chi connectivity index (χ2v) is 12.6. The molecule has 3 saturated carbocycles. The third kappa shape index (κ3) is 4.00. The predicted molar refractivity (Wildman–Crippen MR) is 129 cm³/mol. The van der Waals surface area contributed by atoms with Gasteiger partial charge in [0.05, 0.1) is 13.2 Å². The number of hydrogen-bond donors (Lipinski definition) is 0. The number of Topliss-reactive ketones (excluding diaryl/α,β-unsaturated/α-hetero) is 1. The third-order valence-electron chi connectivity index (χ3n) is 9.99. The Kier molecular flexibility index (Phi) is 6.52. The Hall–Kier alpha value is -1.18. The predicted octanol–water partition coefficient (Wildman–Crippen LogP) is 4.70. The Morgan fingerprint density at radius 3 is 2.53 bits per heavy atom. The van der Waals surface area contributed by atoms with Crippen molar-refractivity contribution >= 4 is 28.6 Å². The minimum absolute atomic E-state index is 0.0149. The van der Waals surface area contributed by atoms with Gasteiger partial charge in [-0.1, -0.05) is 30.3 Å². The van der Waals surface area contributed by atoms with Gasteiger partial charge in [0.15, 0.2) is 16.7 Å². The van der Waals surface area contributed by atoms with E-state index in [4.69, 9.17) is 14.2 Å². The summed E-state index contributed by atoms with van der Waals surface area (Å²) >= 11 is 1.48. The van der Waals surface area contributed by atoms with Crippen LogP contribution in [0.25, 0.3) is 0 Å². The number of rotatable bonds is 5. The number of carbonyl (C=O) groups is 3. The van der Waals surface area contributed by atoms with Crippen LogP contribution in [0.1, 0.15) is 72.1 Å². The topological polar surface area (TPSA) is 78.9 Å². The van der Waals surface area contributed by atoms with Crippen LogP contribution in [0.2, 0.25) is 0 Å². The fraction of sp³-hybridized carbons (Fsp3) is 0.815. The summed E-state index contributed by atoms with van der Waals surface area (Å²) in [4.78, 5) is 36.3. The Balaban J connectivity index is 1.41. The van der Waals surface area contributed by atoms with Gasteiger partial charge in [-0.05, 0) is 61.7 Å². The number of ketones is 1. The van der Waals surface area contributed by atoms with Crippen LogP contribution in [0.5, 0.6) is 0 Å². The van der Waals surface area contributed by atoms with Gasteiger partial charge in [0.2, 0.25) is 0 Å². The maximum absolute atomic E-state index is 13.0. The summed E-state index contributed by atoms with van der Waals surface area (Å²) < 4.78 is 17.3. The van der Waals surface area contributed by atoms with E-state index >= 15 is 0 Å². The molecule has 4 fully saturated rings. The molecule has 0 bridgehead atoms. The van der Waals surface area contributed by atoms with E-state index in [9.17, 15) is 14.4 Å². The molecule has 34 heavy (non-hydrogen) atoms. The smallest absolute Gasteiger partial charge is 0.303 e. The van der Waals surface area contributed by atoms with E-state index in [1.165, 1.54) is 24.3 Å². The molecule has 1 spiro atoms. The highest BCUT2D eigenvalue weighted by atomic mass is 32.2. The minimum atomic E-state index is -0.464. The fourth-order valence-corrected chi connectivity index (χ4v) is 9.46. The van der Waals surface area contributed by atoms with Crippen LogP contribution >= 0.6 is 11.8 Å². The molecule has 1 aliphatic heterocycles. The van der Waals surface area contributed by atoms with Gasteiger partial charge in [0.25, 0.3) is 0 Å². The first-order valence-electron chi connectivity index (χ1n) is 13.0. The van der Waals surface area contributed by atoms with Gasteiger partial charge in [-0.25, -0.2) is 0 Å². The zero-order valence-corrected chi connectivity index (χ0v) is 21.5. The summed E-state index contributed by atoms with van der Waals surface area (Å²) in [7, 11) is 0. The molecule has 1 saturated heterocycles. The van der Waals surface area contributed by atoms with Gasteiger partial charge in [-0.3, -0.25) is 14.4 Å². The van der Waals surface area contributed by atoms with E-state index in [1.54, 1.807) is 6.92 Å². The lowest BCUT2D eigenvalue weighted by atomic mass is 9.47. The molecule has 0 radical (unpaired) electrons. The molecule has 0 aromatic rings. The van der Waals surface area contributed by atoms with E-state index in [0.29, 0.717) is 31.0 Å². The molecular weight excluding hydrogens is 452 g/mol. The number of thioether (sulfide) groups is 1. The average Bonchev–Trinajstić information content (AvgIpc) is 3.40. The number of carbonyl (C=O) groups excluding carboxylic acids is 3. The molecule has 0 N–H and O–H groups in total. The van der Waals surface area contributed by atoms with Crippen molar-refractivity contribution in [3.63, 3.8) is 0 Å². The molecule has 0 aromatic heterocycles. The molecule has 6 atom stereocenters. The van der Waals surface area contributed by atoms with Gasteiger partial charge >= 0.3 is 5.97 Å². The largest absolute Gasteiger partial charge is 0.458 e. The number of fused-ring (bicyclic) bond motifs is 5. The van der Waals surface area contributed by atoms with Crippen molar-refractivity contribution in [2.45, 2.75) is 77.9 Å². The maximum atomic E-state index is 13.0. The summed E-state index contributed by atoms with van der Waals surface area (Å²) in [5.41, 5.74) is 1.42. The summed E-state index contributed by atoms with van der Waals surface area (Å²) in [5.74, 6) is 1.58. The molecule has 0 aromatic carbocycles. The molecule has 4 aliphatic carbocycles. The van der Waals surface area contributed by atoms with E-state index in [-0.39, 0.29) is 34.3 Å². The van der Waals surface area contributed by atoms with Crippen LogP contribution in [0.4, 0.5) is 0 Å². The second kappa shape index (κ2) is 9.04. The SMILES string of the molecule is CC(=O)OCC(=O)C1CCC2C3CC=C4CC5(CCC4(CSC(C)=O)C3CC[C@]12C)OCCO5. The van der Waals surface area contributed by atoms with Crippen molar-refractivity contribution < 1.29 is 28.6 Å². The van der Waals surface area contributed by atoms with Gasteiger partial charge in [0, 0.05) is 43.8 Å². The third-order valence-corrected chi connectivity index (χ3v) is 11.1. The highest BCUT2D eigenvalue weighted by Crippen LogP contribution is 2.67.